The van der Waals surface area contributed by atoms with E-state index in [4.69, 9.17) is 9.72 Å². The van der Waals surface area contributed by atoms with Gasteiger partial charge in [0.25, 0.3) is 0 Å². The van der Waals surface area contributed by atoms with Crippen molar-refractivity contribution in [1.29, 1.82) is 0 Å². The number of carbonyl (C=O) groups excluding carboxylic acids is 1. The van der Waals surface area contributed by atoms with Crippen molar-refractivity contribution in [3.63, 3.8) is 0 Å². The van der Waals surface area contributed by atoms with Crippen molar-refractivity contribution in [3.05, 3.63) is 90.8 Å². The maximum atomic E-state index is 12.8. The number of aromatic nitrogens is 3. The van der Waals surface area contributed by atoms with Crippen LogP contribution in [0.3, 0.4) is 0 Å². The highest BCUT2D eigenvalue weighted by Gasteiger charge is 2.24. The first-order chi connectivity index (χ1) is 14.3. The van der Waals surface area contributed by atoms with Gasteiger partial charge in [-0.2, -0.15) is 0 Å². The monoisotopic (exact) mass is 381 g/mol. The van der Waals surface area contributed by atoms with Gasteiger partial charge in [-0.25, -0.2) is 9.78 Å². The normalized spacial score (nSPS) is 11.2. The van der Waals surface area contributed by atoms with E-state index in [2.05, 4.69) is 0 Å². The van der Waals surface area contributed by atoms with Crippen LogP contribution in [0.2, 0.25) is 0 Å². The highest BCUT2D eigenvalue weighted by atomic mass is 16.5. The van der Waals surface area contributed by atoms with Gasteiger partial charge < -0.3 is 4.74 Å². The van der Waals surface area contributed by atoms with Gasteiger partial charge in [0.15, 0.2) is 5.82 Å². The summed E-state index contributed by atoms with van der Waals surface area (Å²) in [5, 5.41) is 0.973. The molecule has 0 amide bonds. The predicted molar refractivity (Wildman–Crippen MR) is 113 cm³/mol. The van der Waals surface area contributed by atoms with Crippen LogP contribution in [-0.2, 0) is 4.74 Å². The second kappa shape index (κ2) is 6.95. The van der Waals surface area contributed by atoms with Crippen LogP contribution in [0.15, 0.2) is 85.1 Å². The summed E-state index contributed by atoms with van der Waals surface area (Å²) in [5.41, 5.74) is 4.02. The SMILES string of the molecule is CCOC(=O)c1cc2ccccc2n1-c1c(-c2ccccc2)nc2ccccn12. The molecule has 29 heavy (non-hydrogen) atoms. The number of para-hydroxylation sites is 1. The maximum Gasteiger partial charge on any atom is 0.355 e. The van der Waals surface area contributed by atoms with E-state index in [1.54, 1.807) is 0 Å². The fourth-order valence-corrected chi connectivity index (χ4v) is 3.72. The topological polar surface area (TPSA) is 48.5 Å². The van der Waals surface area contributed by atoms with Gasteiger partial charge >= 0.3 is 5.97 Å². The van der Waals surface area contributed by atoms with Crippen LogP contribution in [0.1, 0.15) is 17.4 Å². The van der Waals surface area contributed by atoms with E-state index >= 15 is 0 Å². The van der Waals surface area contributed by atoms with Gasteiger partial charge in [-0.05, 0) is 31.2 Å². The number of fused-ring (bicyclic) bond motifs is 2. The first-order valence-electron chi connectivity index (χ1n) is 9.58. The van der Waals surface area contributed by atoms with Crippen molar-refractivity contribution in [2.45, 2.75) is 6.92 Å². The molecule has 2 aromatic carbocycles. The van der Waals surface area contributed by atoms with E-state index in [9.17, 15) is 4.79 Å². The van der Waals surface area contributed by atoms with Crippen molar-refractivity contribution in [3.8, 4) is 17.1 Å². The molecule has 0 aliphatic rings. The number of hydrogen-bond acceptors (Lipinski definition) is 3. The minimum Gasteiger partial charge on any atom is -0.461 e. The van der Waals surface area contributed by atoms with E-state index in [1.165, 1.54) is 0 Å². The van der Waals surface area contributed by atoms with Gasteiger partial charge in [0.2, 0.25) is 0 Å². The summed E-state index contributed by atoms with van der Waals surface area (Å²) >= 11 is 0. The molecule has 5 nitrogen and oxygen atoms in total. The zero-order valence-electron chi connectivity index (χ0n) is 15.9. The van der Waals surface area contributed by atoms with Crippen LogP contribution in [-0.4, -0.2) is 26.5 Å². The molecule has 5 rings (SSSR count). The van der Waals surface area contributed by atoms with Gasteiger partial charge in [0.05, 0.1) is 12.1 Å². The molecular formula is C24H19N3O2. The molecule has 0 saturated carbocycles. The Morgan fingerprint density at radius 3 is 2.55 bits per heavy atom. The van der Waals surface area contributed by atoms with Crippen molar-refractivity contribution in [1.82, 2.24) is 14.0 Å². The zero-order chi connectivity index (χ0) is 19.8. The molecule has 0 N–H and O–H groups in total. The Labute approximate surface area is 167 Å². The quantitative estimate of drug-likeness (QED) is 0.406. The van der Waals surface area contributed by atoms with Crippen molar-refractivity contribution in [2.75, 3.05) is 6.61 Å². The summed E-state index contributed by atoms with van der Waals surface area (Å²) in [7, 11) is 0. The predicted octanol–water partition coefficient (Wildman–Crippen LogP) is 5.12. The van der Waals surface area contributed by atoms with Crippen LogP contribution < -0.4 is 0 Å². The Morgan fingerprint density at radius 2 is 1.72 bits per heavy atom. The number of carbonyl (C=O) groups is 1. The average molecular weight is 381 g/mol. The van der Waals surface area contributed by atoms with E-state index < -0.39 is 0 Å². The lowest BCUT2D eigenvalue weighted by Gasteiger charge is -2.12. The molecule has 3 aromatic heterocycles. The van der Waals surface area contributed by atoms with Crippen molar-refractivity contribution >= 4 is 22.5 Å². The number of imidazole rings is 1. The first-order valence-corrected chi connectivity index (χ1v) is 9.58. The van der Waals surface area contributed by atoms with Crippen LogP contribution in [0.5, 0.6) is 0 Å². The molecule has 0 radical (unpaired) electrons. The highest BCUT2D eigenvalue weighted by Crippen LogP contribution is 2.32. The molecule has 0 aliphatic heterocycles. The summed E-state index contributed by atoms with van der Waals surface area (Å²) in [4.78, 5) is 17.7. The smallest absolute Gasteiger partial charge is 0.355 e. The second-order valence-electron chi connectivity index (χ2n) is 6.72. The number of nitrogens with zero attached hydrogens (tertiary/aromatic N) is 3. The molecule has 5 aromatic rings. The Hall–Kier alpha value is -3.86. The maximum absolute atomic E-state index is 12.8. The minimum absolute atomic E-state index is 0.319. The third-order valence-corrected chi connectivity index (χ3v) is 4.96. The Morgan fingerprint density at radius 1 is 0.966 bits per heavy atom. The number of hydrogen-bond donors (Lipinski definition) is 0. The second-order valence-corrected chi connectivity index (χ2v) is 6.72. The summed E-state index contributed by atoms with van der Waals surface area (Å²) in [6, 6.07) is 25.7. The van der Waals surface area contributed by atoms with Crippen LogP contribution in [0.4, 0.5) is 0 Å². The van der Waals surface area contributed by atoms with E-state index in [-0.39, 0.29) is 5.97 Å². The lowest BCUT2D eigenvalue weighted by atomic mass is 10.1. The fraction of sp³-hybridized carbons (Fsp3) is 0.0833. The van der Waals surface area contributed by atoms with Crippen LogP contribution in [0.25, 0.3) is 33.6 Å². The Bertz CT molecular complexity index is 1330. The van der Waals surface area contributed by atoms with Gasteiger partial charge in [-0.3, -0.25) is 8.97 Å². The Kier molecular flexibility index (Phi) is 4.13. The first kappa shape index (κ1) is 17.3. The summed E-state index contributed by atoms with van der Waals surface area (Å²) < 4.78 is 9.33. The molecule has 0 atom stereocenters. The summed E-state index contributed by atoms with van der Waals surface area (Å²) in [6.07, 6.45) is 1.97. The van der Waals surface area contributed by atoms with E-state index in [0.717, 1.165) is 33.6 Å². The lowest BCUT2D eigenvalue weighted by molar-refractivity contribution is 0.0517. The average Bonchev–Trinajstić information content (AvgIpc) is 3.33. The largest absolute Gasteiger partial charge is 0.461 e. The van der Waals surface area contributed by atoms with Crippen molar-refractivity contribution in [2.24, 2.45) is 0 Å². The van der Waals surface area contributed by atoms with Crippen molar-refractivity contribution < 1.29 is 9.53 Å². The van der Waals surface area contributed by atoms with Gasteiger partial charge in [-0.1, -0.05) is 54.6 Å². The van der Waals surface area contributed by atoms with Gasteiger partial charge in [0, 0.05) is 17.1 Å². The standard InChI is InChI=1S/C24H19N3O2/c1-2-29-24(28)20-16-18-12-6-7-13-19(18)27(20)23-22(17-10-4-3-5-11-17)25-21-14-8-9-15-26(21)23/h3-16H,2H2,1H3. The van der Waals surface area contributed by atoms with Gasteiger partial charge in [-0.15, -0.1) is 0 Å². The highest BCUT2D eigenvalue weighted by molar-refractivity contribution is 5.97. The third-order valence-electron chi connectivity index (χ3n) is 4.96. The Balaban J connectivity index is 1.90. The number of pyridine rings is 1. The number of ether oxygens (including phenoxy) is 1. The third kappa shape index (κ3) is 2.79. The summed E-state index contributed by atoms with van der Waals surface area (Å²) in [5.74, 6) is 0.463. The van der Waals surface area contributed by atoms with E-state index in [1.807, 2.05) is 101 Å². The molecular weight excluding hydrogens is 362 g/mol. The van der Waals surface area contributed by atoms with Crippen LogP contribution >= 0.6 is 0 Å². The molecule has 3 heterocycles. The molecule has 0 bridgehead atoms. The molecule has 0 unspecified atom stereocenters. The molecule has 0 saturated heterocycles. The van der Waals surface area contributed by atoms with E-state index in [0.29, 0.717) is 12.3 Å². The lowest BCUT2D eigenvalue weighted by Crippen LogP contribution is -2.12. The minimum atomic E-state index is -0.353. The zero-order valence-corrected chi connectivity index (χ0v) is 15.9. The van der Waals surface area contributed by atoms with Crippen LogP contribution in [0, 0.1) is 0 Å². The molecule has 142 valence electrons. The number of benzene rings is 2. The summed E-state index contributed by atoms with van der Waals surface area (Å²) in [6.45, 7) is 2.13. The molecule has 5 heteroatoms. The molecule has 0 spiro atoms. The molecule has 0 aliphatic carbocycles. The van der Waals surface area contributed by atoms with Gasteiger partial charge in [0.1, 0.15) is 17.0 Å². The number of rotatable bonds is 4. The molecule has 0 fully saturated rings. The number of esters is 1. The fourth-order valence-electron chi connectivity index (χ4n) is 3.72.